The first-order valence-electron chi connectivity index (χ1n) is 10.3. The zero-order valence-electron chi connectivity index (χ0n) is 19.6. The van der Waals surface area contributed by atoms with Crippen LogP contribution in [0, 0.1) is 0 Å². The first-order valence-corrected chi connectivity index (χ1v) is 13.7. The van der Waals surface area contributed by atoms with Gasteiger partial charge in [-0.3, -0.25) is 9.10 Å². The maximum absolute atomic E-state index is 12.9. The molecule has 2 aromatic rings. The van der Waals surface area contributed by atoms with Gasteiger partial charge in [-0.1, -0.05) is 32.0 Å². The van der Waals surface area contributed by atoms with Crippen molar-refractivity contribution in [3.05, 3.63) is 48.0 Å². The molecule has 0 unspecified atom stereocenters. The van der Waals surface area contributed by atoms with Crippen molar-refractivity contribution in [2.75, 3.05) is 29.5 Å². The number of amides is 1. The molecule has 33 heavy (non-hydrogen) atoms. The number of ether oxygens (including phenoxy) is 1. The Morgan fingerprint density at radius 2 is 1.67 bits per heavy atom. The number of rotatable bonds is 10. The standard InChI is InChI=1S/C22H31N3O6S2/c1-15(2)18-9-7-8-10-20(18)25(32(6,27)28)14-22(26)23-19-13-17(11-12-21(19)31-5)33(29,30)24-16(3)4/h7-13,15-16,24H,14H2,1-6H3,(H,23,26). The molecule has 0 bridgehead atoms. The lowest BCUT2D eigenvalue weighted by atomic mass is 10.0. The summed E-state index contributed by atoms with van der Waals surface area (Å²) in [5.41, 5.74) is 1.30. The molecule has 0 saturated carbocycles. The van der Waals surface area contributed by atoms with Crippen LogP contribution in [0.25, 0.3) is 0 Å². The first kappa shape index (κ1) is 26.6. The van der Waals surface area contributed by atoms with Gasteiger partial charge in [-0.2, -0.15) is 0 Å². The minimum atomic E-state index is -3.81. The normalized spacial score (nSPS) is 12.1. The fraction of sp³-hybridized carbons (Fsp3) is 0.409. The van der Waals surface area contributed by atoms with Crippen LogP contribution in [-0.4, -0.2) is 48.7 Å². The smallest absolute Gasteiger partial charge is 0.245 e. The van der Waals surface area contributed by atoms with Crippen LogP contribution in [0.15, 0.2) is 47.4 Å². The van der Waals surface area contributed by atoms with Gasteiger partial charge < -0.3 is 10.1 Å². The van der Waals surface area contributed by atoms with E-state index in [1.165, 1.54) is 25.3 Å². The van der Waals surface area contributed by atoms with Crippen molar-refractivity contribution in [3.8, 4) is 5.75 Å². The molecule has 0 aliphatic heterocycles. The lowest BCUT2D eigenvalue weighted by Crippen LogP contribution is -2.38. The van der Waals surface area contributed by atoms with Crippen molar-refractivity contribution in [1.29, 1.82) is 0 Å². The maximum atomic E-state index is 12.9. The largest absolute Gasteiger partial charge is 0.495 e. The second-order valence-electron chi connectivity index (χ2n) is 8.17. The van der Waals surface area contributed by atoms with Gasteiger partial charge in [-0.25, -0.2) is 21.6 Å². The van der Waals surface area contributed by atoms with Gasteiger partial charge >= 0.3 is 0 Å². The Hall–Kier alpha value is -2.63. The lowest BCUT2D eigenvalue weighted by molar-refractivity contribution is -0.114. The highest BCUT2D eigenvalue weighted by Crippen LogP contribution is 2.30. The van der Waals surface area contributed by atoms with E-state index >= 15 is 0 Å². The predicted molar refractivity (Wildman–Crippen MR) is 130 cm³/mol. The molecule has 0 heterocycles. The van der Waals surface area contributed by atoms with E-state index in [2.05, 4.69) is 10.0 Å². The summed E-state index contributed by atoms with van der Waals surface area (Å²) in [7, 11) is -6.21. The molecule has 0 atom stereocenters. The SMILES string of the molecule is COc1ccc(S(=O)(=O)NC(C)C)cc1NC(=O)CN(c1ccccc1C(C)C)S(C)(=O)=O. The molecule has 182 valence electrons. The molecule has 0 aromatic heterocycles. The highest BCUT2D eigenvalue weighted by Gasteiger charge is 2.25. The zero-order valence-corrected chi connectivity index (χ0v) is 21.2. The summed E-state index contributed by atoms with van der Waals surface area (Å²) in [4.78, 5) is 12.8. The fourth-order valence-electron chi connectivity index (χ4n) is 3.23. The van der Waals surface area contributed by atoms with Crippen LogP contribution < -0.4 is 19.1 Å². The average Bonchev–Trinajstić information content (AvgIpc) is 2.70. The number of carbonyl (C=O) groups excluding carboxylic acids is 1. The number of carbonyl (C=O) groups is 1. The third-order valence-electron chi connectivity index (χ3n) is 4.66. The Morgan fingerprint density at radius 3 is 2.21 bits per heavy atom. The van der Waals surface area contributed by atoms with E-state index in [1.807, 2.05) is 19.9 Å². The minimum Gasteiger partial charge on any atom is -0.495 e. The number of benzene rings is 2. The third kappa shape index (κ3) is 6.92. The van der Waals surface area contributed by atoms with E-state index in [-0.39, 0.29) is 28.3 Å². The van der Waals surface area contributed by atoms with Crippen molar-refractivity contribution in [1.82, 2.24) is 4.72 Å². The number of nitrogens with one attached hydrogen (secondary N) is 2. The summed E-state index contributed by atoms with van der Waals surface area (Å²) in [5, 5.41) is 2.59. The molecular formula is C22H31N3O6S2. The number of para-hydroxylation sites is 1. The highest BCUT2D eigenvalue weighted by molar-refractivity contribution is 7.92. The van der Waals surface area contributed by atoms with Gasteiger partial charge in [0.25, 0.3) is 0 Å². The van der Waals surface area contributed by atoms with Gasteiger partial charge in [0.1, 0.15) is 12.3 Å². The van der Waals surface area contributed by atoms with Crippen LogP contribution >= 0.6 is 0 Å². The van der Waals surface area contributed by atoms with Crippen molar-refractivity contribution in [2.45, 2.75) is 44.6 Å². The zero-order chi connectivity index (χ0) is 25.0. The van der Waals surface area contributed by atoms with Crippen LogP contribution in [0.5, 0.6) is 5.75 Å². The second-order valence-corrected chi connectivity index (χ2v) is 11.8. The summed E-state index contributed by atoms with van der Waals surface area (Å²) in [6.45, 7) is 6.76. The van der Waals surface area contributed by atoms with Gasteiger partial charge in [0.2, 0.25) is 26.0 Å². The molecule has 9 nitrogen and oxygen atoms in total. The second kappa shape index (κ2) is 10.5. The van der Waals surface area contributed by atoms with Gasteiger partial charge in [0, 0.05) is 6.04 Å². The Bertz CT molecular complexity index is 1210. The third-order valence-corrected chi connectivity index (χ3v) is 7.44. The minimum absolute atomic E-state index is 0.0314. The monoisotopic (exact) mass is 497 g/mol. The number of anilines is 2. The Labute approximate surface area is 196 Å². The predicted octanol–water partition coefficient (Wildman–Crippen LogP) is 2.91. The summed E-state index contributed by atoms with van der Waals surface area (Å²) in [6, 6.07) is 10.7. The van der Waals surface area contributed by atoms with Crippen molar-refractivity contribution in [2.24, 2.45) is 0 Å². The number of hydrogen-bond donors (Lipinski definition) is 2. The van der Waals surface area contributed by atoms with Crippen molar-refractivity contribution in [3.63, 3.8) is 0 Å². The van der Waals surface area contributed by atoms with Gasteiger partial charge in [-0.15, -0.1) is 0 Å². The van der Waals surface area contributed by atoms with E-state index in [9.17, 15) is 21.6 Å². The summed E-state index contributed by atoms with van der Waals surface area (Å²) < 4.78 is 58.9. The molecule has 0 spiro atoms. The molecule has 0 aliphatic rings. The summed E-state index contributed by atoms with van der Waals surface area (Å²) >= 11 is 0. The average molecular weight is 498 g/mol. The van der Waals surface area contributed by atoms with Crippen molar-refractivity contribution < 1.29 is 26.4 Å². The number of hydrogen-bond acceptors (Lipinski definition) is 6. The van der Waals surface area contributed by atoms with Crippen LogP contribution in [-0.2, 0) is 24.8 Å². The van der Waals surface area contributed by atoms with Crippen molar-refractivity contribution >= 4 is 37.3 Å². The Balaban J connectivity index is 2.40. The molecule has 0 radical (unpaired) electrons. The van der Waals surface area contributed by atoms with Crippen LogP contribution in [0.2, 0.25) is 0 Å². The summed E-state index contributed by atoms with van der Waals surface area (Å²) in [6.07, 6.45) is 1.03. The van der Waals surface area contributed by atoms with Gasteiger partial charge in [0.15, 0.2) is 0 Å². The van der Waals surface area contributed by atoms with E-state index in [1.54, 1.807) is 32.0 Å². The number of nitrogens with zero attached hydrogens (tertiary/aromatic N) is 1. The number of methoxy groups -OCH3 is 1. The molecular weight excluding hydrogens is 466 g/mol. The molecule has 11 heteroatoms. The Kier molecular flexibility index (Phi) is 8.50. The molecule has 0 fully saturated rings. The van der Waals surface area contributed by atoms with Crippen LogP contribution in [0.4, 0.5) is 11.4 Å². The quantitative estimate of drug-likeness (QED) is 0.521. The maximum Gasteiger partial charge on any atom is 0.245 e. The van der Waals surface area contributed by atoms with E-state index in [0.29, 0.717) is 5.69 Å². The highest BCUT2D eigenvalue weighted by atomic mass is 32.2. The molecule has 1 amide bonds. The molecule has 0 aliphatic carbocycles. The Morgan fingerprint density at radius 1 is 1.03 bits per heavy atom. The van der Waals surface area contributed by atoms with E-state index in [0.717, 1.165) is 16.1 Å². The molecule has 2 N–H and O–H groups in total. The van der Waals surface area contributed by atoms with Crippen LogP contribution in [0.3, 0.4) is 0 Å². The molecule has 0 saturated heterocycles. The first-order chi connectivity index (χ1) is 15.3. The van der Waals surface area contributed by atoms with Gasteiger partial charge in [0.05, 0.1) is 29.6 Å². The molecule has 2 aromatic carbocycles. The topological polar surface area (TPSA) is 122 Å². The van der Waals surface area contributed by atoms with Crippen LogP contribution in [0.1, 0.15) is 39.2 Å². The lowest BCUT2D eigenvalue weighted by Gasteiger charge is -2.26. The number of sulfonamides is 2. The molecule has 2 rings (SSSR count). The van der Waals surface area contributed by atoms with E-state index < -0.39 is 32.5 Å². The van der Waals surface area contributed by atoms with E-state index in [4.69, 9.17) is 4.74 Å². The summed E-state index contributed by atoms with van der Waals surface area (Å²) in [5.74, 6) is -0.382. The fourth-order valence-corrected chi connectivity index (χ4v) is 5.39. The van der Waals surface area contributed by atoms with Gasteiger partial charge in [-0.05, 0) is 49.6 Å².